The van der Waals surface area contributed by atoms with Crippen LogP contribution in [-0.2, 0) is 14.8 Å². The van der Waals surface area contributed by atoms with Gasteiger partial charge in [-0.3, -0.25) is 4.98 Å². The highest BCUT2D eigenvalue weighted by atomic mass is 32.2. The van der Waals surface area contributed by atoms with Crippen LogP contribution in [0.4, 0.5) is 0 Å². The summed E-state index contributed by atoms with van der Waals surface area (Å²) in [6.45, 7) is 3.72. The molecule has 140 valence electrons. The number of hydrogen-bond donors (Lipinski definition) is 1. The first kappa shape index (κ1) is 18.8. The molecule has 1 atom stereocenters. The monoisotopic (exact) mass is 376 g/mol. The largest absolute Gasteiger partial charge is 0.494 e. The fourth-order valence-electron chi connectivity index (χ4n) is 3.16. The second-order valence-corrected chi connectivity index (χ2v) is 7.95. The molecule has 0 spiro atoms. The van der Waals surface area contributed by atoms with Crippen LogP contribution >= 0.6 is 0 Å². The Kier molecular flexibility index (Phi) is 6.24. The zero-order chi connectivity index (χ0) is 18.4. The number of nitrogens with one attached hydrogen (secondary N) is 1. The van der Waals surface area contributed by atoms with Crippen molar-refractivity contribution >= 4 is 10.0 Å². The molecule has 0 bridgehead atoms. The van der Waals surface area contributed by atoms with Crippen LogP contribution in [-0.4, -0.2) is 33.2 Å². The summed E-state index contributed by atoms with van der Waals surface area (Å²) in [5.41, 5.74) is 0.869. The molecular formula is C19H24N2O4S. The molecule has 1 aliphatic rings. The lowest BCUT2D eigenvalue weighted by atomic mass is 9.88. The van der Waals surface area contributed by atoms with Gasteiger partial charge in [-0.2, -0.15) is 0 Å². The van der Waals surface area contributed by atoms with Crippen molar-refractivity contribution in [1.82, 2.24) is 9.71 Å². The summed E-state index contributed by atoms with van der Waals surface area (Å²) in [6, 6.07) is 9.89. The fraction of sp³-hybridized carbons (Fsp3) is 0.421. The van der Waals surface area contributed by atoms with Crippen molar-refractivity contribution in [2.24, 2.45) is 5.92 Å². The Morgan fingerprint density at radius 3 is 2.58 bits per heavy atom. The highest BCUT2D eigenvalue weighted by molar-refractivity contribution is 7.89. The lowest BCUT2D eigenvalue weighted by Crippen LogP contribution is -2.36. The Labute approximate surface area is 154 Å². The number of rotatable bonds is 7. The SMILES string of the molecule is CCOc1ccc(S(=O)(=O)NC(c2cccnc2)C2CCOCC2)cc1. The number of sulfonamides is 1. The van der Waals surface area contributed by atoms with Gasteiger partial charge in [0.15, 0.2) is 0 Å². The van der Waals surface area contributed by atoms with E-state index in [4.69, 9.17) is 9.47 Å². The fourth-order valence-corrected chi connectivity index (χ4v) is 4.46. The van der Waals surface area contributed by atoms with Crippen LogP contribution in [0, 0.1) is 5.92 Å². The van der Waals surface area contributed by atoms with Crippen LogP contribution in [0.5, 0.6) is 5.75 Å². The van der Waals surface area contributed by atoms with Crippen LogP contribution in [0.25, 0.3) is 0 Å². The first-order valence-corrected chi connectivity index (χ1v) is 10.3. The van der Waals surface area contributed by atoms with Gasteiger partial charge in [0.05, 0.1) is 17.5 Å². The lowest BCUT2D eigenvalue weighted by Gasteiger charge is -2.31. The molecule has 0 amide bonds. The molecule has 1 N–H and O–H groups in total. The maximum atomic E-state index is 12.9. The van der Waals surface area contributed by atoms with Gasteiger partial charge in [-0.15, -0.1) is 0 Å². The second kappa shape index (κ2) is 8.62. The Morgan fingerprint density at radius 2 is 1.96 bits per heavy atom. The molecule has 1 unspecified atom stereocenters. The molecule has 3 rings (SSSR count). The molecule has 1 aliphatic heterocycles. The van der Waals surface area contributed by atoms with Gasteiger partial charge in [-0.1, -0.05) is 6.07 Å². The summed E-state index contributed by atoms with van der Waals surface area (Å²) in [6.07, 6.45) is 5.03. The Bertz CT molecular complexity index is 788. The molecule has 0 aliphatic carbocycles. The van der Waals surface area contributed by atoms with E-state index >= 15 is 0 Å². The van der Waals surface area contributed by atoms with Gasteiger partial charge in [-0.05, 0) is 61.6 Å². The number of pyridine rings is 1. The van der Waals surface area contributed by atoms with Crippen LogP contribution < -0.4 is 9.46 Å². The molecule has 7 heteroatoms. The second-order valence-electron chi connectivity index (χ2n) is 6.24. The number of nitrogens with zero attached hydrogens (tertiary/aromatic N) is 1. The van der Waals surface area contributed by atoms with Crippen molar-refractivity contribution < 1.29 is 17.9 Å². The summed E-state index contributed by atoms with van der Waals surface area (Å²) < 4.78 is 39.5. The van der Waals surface area contributed by atoms with E-state index in [1.165, 1.54) is 0 Å². The zero-order valence-corrected chi connectivity index (χ0v) is 15.6. The normalized spacial score (nSPS) is 17.0. The molecule has 26 heavy (non-hydrogen) atoms. The summed E-state index contributed by atoms with van der Waals surface area (Å²) in [7, 11) is -3.66. The minimum atomic E-state index is -3.66. The number of benzene rings is 1. The molecule has 2 heterocycles. The molecule has 2 aromatic rings. The number of hydrogen-bond acceptors (Lipinski definition) is 5. The molecule has 6 nitrogen and oxygen atoms in total. The van der Waals surface area contributed by atoms with Crippen LogP contribution in [0.3, 0.4) is 0 Å². The van der Waals surface area contributed by atoms with Crippen LogP contribution in [0.2, 0.25) is 0 Å². The van der Waals surface area contributed by atoms with Crippen molar-refractivity contribution in [3.8, 4) is 5.75 Å². The molecule has 1 aromatic heterocycles. The molecule has 1 fully saturated rings. The van der Waals surface area contributed by atoms with E-state index in [2.05, 4.69) is 9.71 Å². The summed E-state index contributed by atoms with van der Waals surface area (Å²) in [5, 5.41) is 0. The molecule has 0 saturated carbocycles. The quantitative estimate of drug-likeness (QED) is 0.804. The minimum absolute atomic E-state index is 0.172. The average molecular weight is 376 g/mol. The first-order valence-electron chi connectivity index (χ1n) is 8.83. The minimum Gasteiger partial charge on any atom is -0.494 e. The third-order valence-corrected chi connectivity index (χ3v) is 5.97. The smallest absolute Gasteiger partial charge is 0.241 e. The maximum absolute atomic E-state index is 12.9. The number of aromatic nitrogens is 1. The Balaban J connectivity index is 1.84. The predicted molar refractivity (Wildman–Crippen MR) is 98.5 cm³/mol. The third kappa shape index (κ3) is 4.60. The van der Waals surface area contributed by atoms with Gasteiger partial charge in [0.25, 0.3) is 0 Å². The van der Waals surface area contributed by atoms with Crippen molar-refractivity contribution in [3.63, 3.8) is 0 Å². The third-order valence-electron chi connectivity index (χ3n) is 4.51. The van der Waals surface area contributed by atoms with E-state index in [1.54, 1.807) is 36.7 Å². The van der Waals surface area contributed by atoms with E-state index in [0.717, 1.165) is 18.4 Å². The van der Waals surface area contributed by atoms with Crippen molar-refractivity contribution in [2.45, 2.75) is 30.7 Å². The highest BCUT2D eigenvalue weighted by Crippen LogP contribution is 2.31. The summed E-state index contributed by atoms with van der Waals surface area (Å²) >= 11 is 0. The Hall–Kier alpha value is -1.96. The van der Waals surface area contributed by atoms with Gasteiger partial charge in [0.1, 0.15) is 5.75 Å². The standard InChI is InChI=1S/C19H24N2O4S/c1-2-25-17-5-7-18(8-6-17)26(22,23)21-19(15-9-12-24-13-10-15)16-4-3-11-20-14-16/h3-8,11,14-15,19,21H,2,9-10,12-13H2,1H3. The van der Waals surface area contributed by atoms with Gasteiger partial charge in [0, 0.05) is 25.6 Å². The van der Waals surface area contributed by atoms with E-state index in [1.807, 2.05) is 19.1 Å². The van der Waals surface area contributed by atoms with Crippen molar-refractivity contribution in [2.75, 3.05) is 19.8 Å². The summed E-state index contributed by atoms with van der Waals surface area (Å²) in [5.74, 6) is 0.824. The lowest BCUT2D eigenvalue weighted by molar-refractivity contribution is 0.0564. The first-order chi connectivity index (χ1) is 12.6. The topological polar surface area (TPSA) is 77.5 Å². The van der Waals surface area contributed by atoms with Gasteiger partial charge in [-0.25, -0.2) is 13.1 Å². The van der Waals surface area contributed by atoms with E-state index in [0.29, 0.717) is 25.6 Å². The average Bonchev–Trinajstić information content (AvgIpc) is 2.68. The Morgan fingerprint density at radius 1 is 1.23 bits per heavy atom. The highest BCUT2D eigenvalue weighted by Gasteiger charge is 2.30. The van der Waals surface area contributed by atoms with Gasteiger partial charge in [0.2, 0.25) is 10.0 Å². The van der Waals surface area contributed by atoms with E-state index < -0.39 is 10.0 Å². The molecule has 0 radical (unpaired) electrons. The van der Waals surface area contributed by atoms with Crippen molar-refractivity contribution in [3.05, 3.63) is 54.4 Å². The van der Waals surface area contributed by atoms with Gasteiger partial charge < -0.3 is 9.47 Å². The van der Waals surface area contributed by atoms with E-state index in [9.17, 15) is 8.42 Å². The van der Waals surface area contributed by atoms with E-state index in [-0.39, 0.29) is 16.9 Å². The molecular weight excluding hydrogens is 352 g/mol. The predicted octanol–water partition coefficient (Wildman–Crippen LogP) is 2.93. The van der Waals surface area contributed by atoms with Crippen LogP contribution in [0.15, 0.2) is 53.7 Å². The van der Waals surface area contributed by atoms with Crippen molar-refractivity contribution in [1.29, 1.82) is 0 Å². The van der Waals surface area contributed by atoms with Crippen LogP contribution in [0.1, 0.15) is 31.4 Å². The summed E-state index contributed by atoms with van der Waals surface area (Å²) in [4.78, 5) is 4.38. The molecule has 1 saturated heterocycles. The number of ether oxygens (including phenoxy) is 2. The zero-order valence-electron chi connectivity index (χ0n) is 14.8. The molecule has 1 aromatic carbocycles. The van der Waals surface area contributed by atoms with Gasteiger partial charge >= 0.3 is 0 Å². The maximum Gasteiger partial charge on any atom is 0.241 e.